The van der Waals surface area contributed by atoms with E-state index in [2.05, 4.69) is 0 Å². The van der Waals surface area contributed by atoms with Crippen LogP contribution in [0.4, 0.5) is 0 Å². The zero-order valence-corrected chi connectivity index (χ0v) is 5.09. The van der Waals surface area contributed by atoms with Crippen molar-refractivity contribution in [3.05, 3.63) is 0 Å². The first-order valence-corrected chi connectivity index (χ1v) is 2.80. The van der Waals surface area contributed by atoms with Crippen molar-refractivity contribution in [3.8, 4) is 0 Å². The van der Waals surface area contributed by atoms with E-state index in [0.29, 0.717) is 0 Å². The fourth-order valence-electron chi connectivity index (χ4n) is 0.306. The van der Waals surface area contributed by atoms with Crippen molar-refractivity contribution in [1.29, 1.82) is 0 Å². The summed E-state index contributed by atoms with van der Waals surface area (Å²) in [6.07, 6.45) is 1.49. The Bertz CT molecular complexity index is 106. The SMILES string of the molecule is O=C(Cl)C1(Cl)CC1. The Hall–Kier alpha value is 0.250. The van der Waals surface area contributed by atoms with E-state index in [4.69, 9.17) is 23.2 Å². The molecule has 0 aromatic rings. The molecule has 0 aromatic heterocycles. The summed E-state index contributed by atoms with van der Waals surface area (Å²) in [6.45, 7) is 0. The van der Waals surface area contributed by atoms with Crippen LogP contribution in [-0.2, 0) is 4.79 Å². The Morgan fingerprint density at radius 3 is 2.00 bits per heavy atom. The molecule has 0 spiro atoms. The van der Waals surface area contributed by atoms with Gasteiger partial charge in [-0.1, -0.05) is 0 Å². The molecule has 1 fully saturated rings. The molecule has 1 rings (SSSR count). The fourth-order valence-corrected chi connectivity index (χ4v) is 0.590. The van der Waals surface area contributed by atoms with Gasteiger partial charge in [-0.2, -0.15) is 0 Å². The maximum Gasteiger partial charge on any atom is 0.242 e. The number of rotatable bonds is 1. The largest absolute Gasteiger partial charge is 0.279 e. The predicted octanol–water partition coefficient (Wildman–Crippen LogP) is 1.52. The molecular formula is C4H4Cl2O. The third kappa shape index (κ3) is 0.892. The Morgan fingerprint density at radius 1 is 1.57 bits per heavy atom. The molecule has 0 bridgehead atoms. The maximum absolute atomic E-state index is 10.2. The van der Waals surface area contributed by atoms with Gasteiger partial charge in [-0.25, -0.2) is 0 Å². The van der Waals surface area contributed by atoms with E-state index in [1.807, 2.05) is 0 Å². The van der Waals surface area contributed by atoms with Crippen LogP contribution in [0.1, 0.15) is 12.8 Å². The molecule has 3 heteroatoms. The molecule has 0 saturated heterocycles. The summed E-state index contributed by atoms with van der Waals surface area (Å²) >= 11 is 10.5. The summed E-state index contributed by atoms with van der Waals surface area (Å²) in [4.78, 5) is 9.51. The van der Waals surface area contributed by atoms with Gasteiger partial charge in [-0.3, -0.25) is 4.79 Å². The standard InChI is InChI=1S/C4H4Cl2O/c5-3(7)4(6)1-2-4/h1-2H2. The second-order valence-corrected chi connectivity index (χ2v) is 2.81. The van der Waals surface area contributed by atoms with Crippen molar-refractivity contribution < 1.29 is 4.79 Å². The van der Waals surface area contributed by atoms with E-state index in [1.165, 1.54) is 0 Å². The first-order valence-electron chi connectivity index (χ1n) is 2.04. The van der Waals surface area contributed by atoms with Crippen LogP contribution >= 0.6 is 23.2 Å². The zero-order valence-electron chi connectivity index (χ0n) is 3.58. The smallest absolute Gasteiger partial charge is 0.242 e. The van der Waals surface area contributed by atoms with Gasteiger partial charge in [0.15, 0.2) is 0 Å². The molecule has 0 radical (unpaired) electrons. The summed E-state index contributed by atoms with van der Waals surface area (Å²) in [5, 5.41) is -0.408. The lowest BCUT2D eigenvalue weighted by Gasteiger charge is -1.90. The first-order chi connectivity index (χ1) is 3.15. The highest BCUT2D eigenvalue weighted by Gasteiger charge is 2.47. The molecular weight excluding hydrogens is 135 g/mol. The van der Waals surface area contributed by atoms with Crippen molar-refractivity contribution >= 4 is 28.4 Å². The van der Waals surface area contributed by atoms with Crippen molar-refractivity contribution in [3.63, 3.8) is 0 Å². The molecule has 0 unspecified atom stereocenters. The second kappa shape index (κ2) is 1.36. The first kappa shape index (κ1) is 5.39. The molecule has 0 aliphatic heterocycles. The van der Waals surface area contributed by atoms with Gasteiger partial charge >= 0.3 is 0 Å². The highest BCUT2D eigenvalue weighted by Crippen LogP contribution is 2.44. The summed E-state index contributed by atoms with van der Waals surface area (Å²) in [7, 11) is 0. The minimum Gasteiger partial charge on any atom is -0.279 e. The molecule has 1 aliphatic rings. The molecule has 0 N–H and O–H groups in total. The molecule has 40 valence electrons. The van der Waals surface area contributed by atoms with Crippen LogP contribution in [0.3, 0.4) is 0 Å². The molecule has 7 heavy (non-hydrogen) atoms. The second-order valence-electron chi connectivity index (χ2n) is 1.74. The lowest BCUT2D eigenvalue weighted by molar-refractivity contribution is -0.112. The molecule has 1 saturated carbocycles. The number of hydrogen-bond donors (Lipinski definition) is 0. The lowest BCUT2D eigenvalue weighted by Crippen LogP contribution is -2.06. The Kier molecular flexibility index (Phi) is 1.05. The van der Waals surface area contributed by atoms with Crippen LogP contribution < -0.4 is 0 Å². The summed E-state index contributed by atoms with van der Waals surface area (Å²) in [5.41, 5.74) is 0. The topological polar surface area (TPSA) is 17.1 Å². The van der Waals surface area contributed by atoms with Crippen molar-refractivity contribution in [2.75, 3.05) is 0 Å². The summed E-state index contributed by atoms with van der Waals surface area (Å²) < 4.78 is 0. The van der Waals surface area contributed by atoms with Crippen molar-refractivity contribution in [1.82, 2.24) is 0 Å². The quantitative estimate of drug-likeness (QED) is 0.397. The Morgan fingerprint density at radius 2 is 2.00 bits per heavy atom. The third-order valence-corrected chi connectivity index (χ3v) is 2.05. The Labute approximate surface area is 51.6 Å². The summed E-state index contributed by atoms with van der Waals surface area (Å²) in [6, 6.07) is 0. The van der Waals surface area contributed by atoms with Crippen LogP contribution in [0.5, 0.6) is 0 Å². The number of carbonyl (C=O) groups excluding carboxylic acids is 1. The monoisotopic (exact) mass is 138 g/mol. The number of hydrogen-bond acceptors (Lipinski definition) is 1. The molecule has 0 aromatic carbocycles. The minimum absolute atomic E-state index is 0.408. The Balaban J connectivity index is 2.55. The molecule has 1 nitrogen and oxygen atoms in total. The average Bonchev–Trinajstić information content (AvgIpc) is 2.21. The molecule has 0 atom stereocenters. The van der Waals surface area contributed by atoms with E-state index in [1.54, 1.807) is 0 Å². The van der Waals surface area contributed by atoms with E-state index in [9.17, 15) is 4.79 Å². The highest BCUT2D eigenvalue weighted by atomic mass is 35.5. The zero-order chi connectivity index (χ0) is 5.49. The van der Waals surface area contributed by atoms with Gasteiger partial charge in [0.05, 0.1) is 0 Å². The highest BCUT2D eigenvalue weighted by molar-refractivity contribution is 6.71. The molecule has 1 aliphatic carbocycles. The van der Waals surface area contributed by atoms with Crippen LogP contribution in [0.25, 0.3) is 0 Å². The van der Waals surface area contributed by atoms with Crippen molar-refractivity contribution in [2.45, 2.75) is 17.7 Å². The van der Waals surface area contributed by atoms with Gasteiger partial charge in [-0.15, -0.1) is 11.6 Å². The number of alkyl halides is 1. The van der Waals surface area contributed by atoms with Gasteiger partial charge < -0.3 is 0 Å². The number of carbonyl (C=O) groups is 1. The fraction of sp³-hybridized carbons (Fsp3) is 0.750. The van der Waals surface area contributed by atoms with Crippen LogP contribution in [0.2, 0.25) is 0 Å². The normalized spacial score (nSPS) is 24.3. The maximum atomic E-state index is 10.2. The van der Waals surface area contributed by atoms with E-state index in [-0.39, 0.29) is 0 Å². The average molecular weight is 139 g/mol. The van der Waals surface area contributed by atoms with Crippen LogP contribution in [0, 0.1) is 0 Å². The molecule has 0 heterocycles. The van der Waals surface area contributed by atoms with Crippen LogP contribution in [0.15, 0.2) is 0 Å². The predicted molar refractivity (Wildman–Crippen MR) is 28.7 cm³/mol. The van der Waals surface area contributed by atoms with Gasteiger partial charge in [0, 0.05) is 0 Å². The van der Waals surface area contributed by atoms with E-state index < -0.39 is 10.1 Å². The third-order valence-electron chi connectivity index (χ3n) is 1.04. The minimum atomic E-state index is -0.651. The number of halogens is 2. The van der Waals surface area contributed by atoms with Gasteiger partial charge in [0.25, 0.3) is 0 Å². The molecule has 0 amide bonds. The lowest BCUT2D eigenvalue weighted by atomic mass is 10.5. The van der Waals surface area contributed by atoms with Gasteiger partial charge in [-0.05, 0) is 24.4 Å². The van der Waals surface area contributed by atoms with Gasteiger partial charge in [0.1, 0.15) is 4.87 Å². The van der Waals surface area contributed by atoms with Crippen molar-refractivity contribution in [2.24, 2.45) is 0 Å². The van der Waals surface area contributed by atoms with E-state index in [0.717, 1.165) is 12.8 Å². The van der Waals surface area contributed by atoms with E-state index >= 15 is 0 Å². The van der Waals surface area contributed by atoms with Gasteiger partial charge in [0.2, 0.25) is 5.24 Å². The summed E-state index contributed by atoms with van der Waals surface area (Å²) in [5.74, 6) is 0. The van der Waals surface area contributed by atoms with Crippen LogP contribution in [-0.4, -0.2) is 10.1 Å².